The normalized spacial score (nSPS) is 12.1. The van der Waals surface area contributed by atoms with Crippen LogP contribution in [-0.4, -0.2) is 14.6 Å². The molecule has 0 spiro atoms. The lowest BCUT2D eigenvalue weighted by atomic mass is 10.1. The van der Waals surface area contributed by atoms with Crippen molar-refractivity contribution in [2.45, 2.75) is 6.42 Å². The summed E-state index contributed by atoms with van der Waals surface area (Å²) in [5.74, 6) is 0.544. The second-order valence-corrected chi connectivity index (χ2v) is 6.67. The van der Waals surface area contributed by atoms with Gasteiger partial charge in [0.25, 0.3) is 11.1 Å². The molecule has 0 aliphatic rings. The first kappa shape index (κ1) is 15.7. The van der Waals surface area contributed by atoms with Crippen molar-refractivity contribution in [3.63, 3.8) is 0 Å². The maximum Gasteiger partial charge on any atom is 0.296 e. The number of hydrogen-bond acceptors (Lipinski definition) is 6. The largest absolute Gasteiger partial charge is 0.465 e. The molecule has 0 saturated heterocycles. The van der Waals surface area contributed by atoms with Crippen LogP contribution in [0.2, 0.25) is 5.02 Å². The molecule has 1 aromatic carbocycles. The van der Waals surface area contributed by atoms with E-state index in [1.54, 1.807) is 36.4 Å². The highest BCUT2D eigenvalue weighted by molar-refractivity contribution is 7.15. The molecule has 0 amide bonds. The Hall–Kier alpha value is -2.77. The van der Waals surface area contributed by atoms with Crippen LogP contribution in [0.3, 0.4) is 0 Å². The van der Waals surface area contributed by atoms with Gasteiger partial charge in [-0.3, -0.25) is 9.59 Å². The predicted molar refractivity (Wildman–Crippen MR) is 95.2 cm³/mol. The lowest BCUT2D eigenvalue weighted by Gasteiger charge is -2.02. The third-order valence-corrected chi connectivity index (χ3v) is 4.91. The Morgan fingerprint density at radius 1 is 1.20 bits per heavy atom. The number of thiazole rings is 1. The topological polar surface area (TPSA) is 77.5 Å². The second-order valence-electron chi connectivity index (χ2n) is 5.26. The average molecular weight is 372 g/mol. The molecule has 0 saturated carbocycles. The first-order valence-electron chi connectivity index (χ1n) is 7.33. The Labute approximate surface area is 149 Å². The van der Waals surface area contributed by atoms with Crippen LogP contribution < -0.4 is 15.7 Å². The van der Waals surface area contributed by atoms with E-state index in [-0.39, 0.29) is 22.6 Å². The molecule has 124 valence electrons. The fourth-order valence-corrected chi connectivity index (χ4v) is 3.46. The Morgan fingerprint density at radius 3 is 2.80 bits per heavy atom. The molecule has 0 radical (unpaired) electrons. The molecule has 0 aliphatic carbocycles. The quantitative estimate of drug-likeness (QED) is 0.549. The number of nitrogens with zero attached hydrogens (tertiary/aromatic N) is 3. The standard InChI is InChI=1S/C17H10ClN3O3S/c18-12-6-2-1-4-10(12)8-13-15(22)19-17-21(20-13)16(23)14(25-17)9-11-5-3-7-24-11/h1-7,9H,8H2/b14-9-. The van der Waals surface area contributed by atoms with Gasteiger partial charge in [0.2, 0.25) is 4.96 Å². The van der Waals surface area contributed by atoms with Crippen LogP contribution >= 0.6 is 22.9 Å². The Bertz CT molecular complexity index is 1230. The van der Waals surface area contributed by atoms with Crippen molar-refractivity contribution in [3.05, 3.63) is 89.9 Å². The van der Waals surface area contributed by atoms with Gasteiger partial charge in [0, 0.05) is 17.5 Å². The van der Waals surface area contributed by atoms with Crippen LogP contribution in [0.5, 0.6) is 0 Å². The van der Waals surface area contributed by atoms with Gasteiger partial charge < -0.3 is 4.42 Å². The number of aromatic nitrogens is 3. The number of furan rings is 1. The van der Waals surface area contributed by atoms with Crippen molar-refractivity contribution in [2.75, 3.05) is 0 Å². The Kier molecular flexibility index (Phi) is 3.95. The Morgan fingerprint density at radius 2 is 2.04 bits per heavy atom. The molecule has 3 heterocycles. The summed E-state index contributed by atoms with van der Waals surface area (Å²) < 4.78 is 6.75. The summed E-state index contributed by atoms with van der Waals surface area (Å²) in [5.41, 5.74) is 0.112. The van der Waals surface area contributed by atoms with E-state index in [2.05, 4.69) is 10.1 Å². The van der Waals surface area contributed by atoms with Crippen LogP contribution in [0.1, 0.15) is 17.0 Å². The molecule has 4 rings (SSSR count). The van der Waals surface area contributed by atoms with Gasteiger partial charge in [0.05, 0.1) is 6.26 Å². The maximum absolute atomic E-state index is 12.5. The SMILES string of the molecule is O=c1nc2s/c(=C\c3ccco3)c(=O)n2nc1Cc1ccccc1Cl. The van der Waals surface area contributed by atoms with E-state index in [4.69, 9.17) is 16.0 Å². The number of benzene rings is 1. The minimum atomic E-state index is -0.467. The predicted octanol–water partition coefficient (Wildman–Crippen LogP) is 1.90. The van der Waals surface area contributed by atoms with E-state index in [0.29, 0.717) is 15.3 Å². The van der Waals surface area contributed by atoms with Crippen LogP contribution in [-0.2, 0) is 6.42 Å². The van der Waals surface area contributed by atoms with Crippen LogP contribution in [0.15, 0.2) is 56.7 Å². The highest BCUT2D eigenvalue weighted by atomic mass is 35.5. The maximum atomic E-state index is 12.5. The molecule has 0 fully saturated rings. The zero-order valence-electron chi connectivity index (χ0n) is 12.7. The first-order chi connectivity index (χ1) is 12.1. The van der Waals surface area contributed by atoms with Crippen LogP contribution in [0.4, 0.5) is 0 Å². The smallest absolute Gasteiger partial charge is 0.296 e. The highest BCUT2D eigenvalue weighted by Crippen LogP contribution is 2.16. The summed E-state index contributed by atoms with van der Waals surface area (Å²) in [5, 5.41) is 4.73. The molecule has 0 N–H and O–H groups in total. The van der Waals surface area contributed by atoms with Gasteiger partial charge >= 0.3 is 0 Å². The molecule has 0 aliphatic heterocycles. The van der Waals surface area contributed by atoms with Gasteiger partial charge in [-0.1, -0.05) is 41.1 Å². The molecule has 0 unspecified atom stereocenters. The van der Waals surface area contributed by atoms with Crippen molar-refractivity contribution in [3.8, 4) is 0 Å². The molecular weight excluding hydrogens is 362 g/mol. The fourth-order valence-electron chi connectivity index (χ4n) is 2.38. The van der Waals surface area contributed by atoms with E-state index in [0.717, 1.165) is 21.4 Å². The lowest BCUT2D eigenvalue weighted by Crippen LogP contribution is -2.28. The third kappa shape index (κ3) is 2.99. The van der Waals surface area contributed by atoms with E-state index < -0.39 is 5.56 Å². The van der Waals surface area contributed by atoms with Crippen molar-refractivity contribution in [1.82, 2.24) is 14.6 Å². The van der Waals surface area contributed by atoms with Gasteiger partial charge in [-0.05, 0) is 23.8 Å². The van der Waals surface area contributed by atoms with Crippen LogP contribution in [0, 0.1) is 0 Å². The summed E-state index contributed by atoms with van der Waals surface area (Å²) >= 11 is 7.22. The first-order valence-corrected chi connectivity index (χ1v) is 8.52. The molecule has 4 aromatic rings. The fraction of sp³-hybridized carbons (Fsp3) is 0.0588. The summed E-state index contributed by atoms with van der Waals surface area (Å²) in [7, 11) is 0. The second kappa shape index (κ2) is 6.27. The molecular formula is C17H10ClN3O3S. The van der Waals surface area contributed by atoms with Crippen molar-refractivity contribution in [1.29, 1.82) is 0 Å². The summed E-state index contributed by atoms with van der Waals surface area (Å²) in [6.07, 6.45) is 3.33. The molecule has 25 heavy (non-hydrogen) atoms. The van der Waals surface area contributed by atoms with Crippen molar-refractivity contribution in [2.24, 2.45) is 0 Å². The van der Waals surface area contributed by atoms with Crippen molar-refractivity contribution >= 4 is 34.0 Å². The minimum Gasteiger partial charge on any atom is -0.465 e. The van der Waals surface area contributed by atoms with Gasteiger partial charge in [-0.25, -0.2) is 0 Å². The van der Waals surface area contributed by atoms with E-state index in [1.807, 2.05) is 6.07 Å². The minimum absolute atomic E-state index is 0.171. The number of halogens is 1. The molecule has 3 aromatic heterocycles. The monoisotopic (exact) mass is 371 g/mol. The summed E-state index contributed by atoms with van der Waals surface area (Å²) in [4.78, 5) is 29.0. The molecule has 6 nitrogen and oxygen atoms in total. The highest BCUT2D eigenvalue weighted by Gasteiger charge is 2.13. The molecule has 0 bridgehead atoms. The van der Waals surface area contributed by atoms with Gasteiger partial charge in [-0.15, -0.1) is 0 Å². The number of hydrogen-bond donors (Lipinski definition) is 0. The van der Waals surface area contributed by atoms with Gasteiger partial charge in [0.15, 0.2) is 0 Å². The van der Waals surface area contributed by atoms with E-state index in [1.165, 1.54) is 6.26 Å². The molecule has 0 atom stereocenters. The summed E-state index contributed by atoms with van der Waals surface area (Å²) in [6.45, 7) is 0. The number of rotatable bonds is 3. The van der Waals surface area contributed by atoms with Crippen molar-refractivity contribution < 1.29 is 4.42 Å². The zero-order valence-corrected chi connectivity index (χ0v) is 14.3. The van der Waals surface area contributed by atoms with Crippen LogP contribution in [0.25, 0.3) is 11.0 Å². The lowest BCUT2D eigenvalue weighted by molar-refractivity contribution is 0.556. The molecule has 8 heteroatoms. The third-order valence-electron chi connectivity index (χ3n) is 3.58. The number of fused-ring (bicyclic) bond motifs is 1. The zero-order chi connectivity index (χ0) is 17.4. The summed E-state index contributed by atoms with van der Waals surface area (Å²) in [6, 6.07) is 10.6. The van der Waals surface area contributed by atoms with E-state index in [9.17, 15) is 9.59 Å². The van der Waals surface area contributed by atoms with Gasteiger partial charge in [0.1, 0.15) is 16.0 Å². The Balaban J connectivity index is 1.85. The van der Waals surface area contributed by atoms with Gasteiger partial charge in [-0.2, -0.15) is 14.6 Å². The van der Waals surface area contributed by atoms with E-state index >= 15 is 0 Å². The average Bonchev–Trinajstić information content (AvgIpc) is 3.20.